The lowest BCUT2D eigenvalue weighted by molar-refractivity contribution is 0.0996. The first-order valence-corrected chi connectivity index (χ1v) is 7.61. The zero-order valence-corrected chi connectivity index (χ0v) is 14.1. The molecule has 2 heterocycles. The van der Waals surface area contributed by atoms with Crippen molar-refractivity contribution in [1.29, 1.82) is 0 Å². The molecule has 2 amide bonds. The number of fused-ring (bicyclic) bond motifs is 1. The summed E-state index contributed by atoms with van der Waals surface area (Å²) in [5.41, 5.74) is 4.93. The van der Waals surface area contributed by atoms with Gasteiger partial charge in [0.1, 0.15) is 11.2 Å². The molecule has 3 rings (SSSR count). The first-order valence-electron chi connectivity index (χ1n) is 7.24. The Hall–Kier alpha value is -3.46. The van der Waals surface area contributed by atoms with E-state index in [0.29, 0.717) is 5.39 Å². The Morgan fingerprint density at radius 2 is 2.08 bits per heavy atom. The monoisotopic (exact) mass is 373 g/mol. The maximum atomic E-state index is 12.5. The summed E-state index contributed by atoms with van der Waals surface area (Å²) in [6.45, 7) is 0. The van der Waals surface area contributed by atoms with Gasteiger partial charge in [0.15, 0.2) is 0 Å². The van der Waals surface area contributed by atoms with E-state index in [2.05, 4.69) is 20.3 Å². The normalized spacial score (nSPS) is 10.5. The van der Waals surface area contributed by atoms with Crippen LogP contribution in [0.15, 0.2) is 35.3 Å². The molecule has 0 aliphatic heterocycles. The summed E-state index contributed by atoms with van der Waals surface area (Å²) in [5, 5.41) is 3.11. The van der Waals surface area contributed by atoms with Gasteiger partial charge < -0.3 is 20.8 Å². The third-order valence-corrected chi connectivity index (χ3v) is 3.83. The number of carbonyl (C=O) groups excluding carboxylic acids is 2. The molecule has 3 aromatic rings. The van der Waals surface area contributed by atoms with Crippen molar-refractivity contribution in [2.75, 3.05) is 12.4 Å². The Morgan fingerprint density at radius 1 is 1.31 bits per heavy atom. The van der Waals surface area contributed by atoms with Gasteiger partial charge in [-0.2, -0.15) is 4.98 Å². The van der Waals surface area contributed by atoms with Gasteiger partial charge in [0.05, 0.1) is 17.8 Å². The molecule has 0 aliphatic rings. The minimum atomic E-state index is -0.715. The highest BCUT2D eigenvalue weighted by molar-refractivity contribution is 6.34. The number of anilines is 1. The molecule has 4 N–H and O–H groups in total. The van der Waals surface area contributed by atoms with E-state index in [1.807, 2.05) is 0 Å². The van der Waals surface area contributed by atoms with Crippen molar-refractivity contribution in [1.82, 2.24) is 15.0 Å². The molecule has 0 saturated heterocycles. The van der Waals surface area contributed by atoms with Gasteiger partial charge in [-0.3, -0.25) is 14.4 Å². The molecule has 9 nitrogen and oxygen atoms in total. The number of amides is 2. The third-order valence-electron chi connectivity index (χ3n) is 3.50. The molecule has 0 spiro atoms. The highest BCUT2D eigenvalue weighted by Crippen LogP contribution is 2.23. The number of methoxy groups -OCH3 is 1. The van der Waals surface area contributed by atoms with Crippen molar-refractivity contribution >= 4 is 40.1 Å². The molecule has 10 heteroatoms. The lowest BCUT2D eigenvalue weighted by atomic mass is 10.1. The largest absolute Gasteiger partial charge is 0.467 e. The number of benzene rings is 1. The smallest absolute Gasteiger partial charge is 0.318 e. The lowest BCUT2D eigenvalue weighted by Gasteiger charge is -2.09. The second-order valence-corrected chi connectivity index (χ2v) is 5.59. The Bertz CT molecular complexity index is 1100. The fourth-order valence-electron chi connectivity index (χ4n) is 2.21. The second kappa shape index (κ2) is 6.81. The summed E-state index contributed by atoms with van der Waals surface area (Å²) in [6, 6.07) is 5.59. The number of pyridine rings is 1. The van der Waals surface area contributed by atoms with Gasteiger partial charge in [0, 0.05) is 17.1 Å². The van der Waals surface area contributed by atoms with Gasteiger partial charge in [-0.05, 0) is 24.3 Å². The number of aromatic nitrogens is 3. The summed E-state index contributed by atoms with van der Waals surface area (Å²) in [6.07, 6.45) is 1.41. The van der Waals surface area contributed by atoms with Crippen molar-refractivity contribution in [3.8, 4) is 6.01 Å². The van der Waals surface area contributed by atoms with E-state index < -0.39 is 17.4 Å². The Morgan fingerprint density at radius 3 is 2.77 bits per heavy atom. The van der Waals surface area contributed by atoms with Crippen LogP contribution in [-0.2, 0) is 0 Å². The quantitative estimate of drug-likeness (QED) is 0.630. The van der Waals surface area contributed by atoms with Crippen LogP contribution in [0.1, 0.15) is 20.7 Å². The van der Waals surface area contributed by atoms with Crippen LogP contribution < -0.4 is 21.3 Å². The molecule has 26 heavy (non-hydrogen) atoms. The number of hydrogen-bond acceptors (Lipinski definition) is 6. The fraction of sp³-hybridized carbons (Fsp3) is 0.0625. The molecular formula is C16H12ClN5O4. The Balaban J connectivity index is 1.98. The van der Waals surface area contributed by atoms with Gasteiger partial charge >= 0.3 is 6.01 Å². The maximum Gasteiger partial charge on any atom is 0.318 e. The maximum absolute atomic E-state index is 12.5. The number of H-pyrrole nitrogens is 1. The average molecular weight is 374 g/mol. The number of hydrogen-bond donors (Lipinski definition) is 3. The Kier molecular flexibility index (Phi) is 4.55. The van der Waals surface area contributed by atoms with Crippen molar-refractivity contribution in [3.63, 3.8) is 0 Å². The zero-order chi connectivity index (χ0) is 18.8. The summed E-state index contributed by atoms with van der Waals surface area (Å²) in [5.74, 6) is -1.39. The van der Waals surface area contributed by atoms with Gasteiger partial charge in [-0.1, -0.05) is 11.6 Å². The predicted molar refractivity (Wildman–Crippen MR) is 94.6 cm³/mol. The highest BCUT2D eigenvalue weighted by Gasteiger charge is 2.15. The number of primary amides is 1. The lowest BCUT2D eigenvalue weighted by Crippen LogP contribution is -2.23. The molecule has 132 valence electrons. The van der Waals surface area contributed by atoms with E-state index in [0.717, 1.165) is 0 Å². The van der Waals surface area contributed by atoms with E-state index in [-0.39, 0.29) is 33.5 Å². The molecule has 0 aliphatic carbocycles. The summed E-state index contributed by atoms with van der Waals surface area (Å²) < 4.78 is 4.89. The average Bonchev–Trinajstić information content (AvgIpc) is 2.62. The standard InChI is InChI=1S/C16H12ClN5O4/c1-26-16-19-6-8-4-9(15(25)21-13(8)22-16)14(24)20-11-5-7(12(18)23)2-3-10(11)17/h2-6H,1H3,(H2,18,23)(H,20,24)(H,19,21,22,25). The number of rotatable bonds is 4. The minimum Gasteiger partial charge on any atom is -0.467 e. The van der Waals surface area contributed by atoms with Crippen LogP contribution >= 0.6 is 11.6 Å². The summed E-state index contributed by atoms with van der Waals surface area (Å²) >= 11 is 6.01. The topological polar surface area (TPSA) is 140 Å². The van der Waals surface area contributed by atoms with E-state index >= 15 is 0 Å². The van der Waals surface area contributed by atoms with Crippen LogP contribution in [0.3, 0.4) is 0 Å². The van der Waals surface area contributed by atoms with Crippen molar-refractivity contribution < 1.29 is 14.3 Å². The molecule has 1 aromatic carbocycles. The van der Waals surface area contributed by atoms with Crippen LogP contribution in [0.2, 0.25) is 5.02 Å². The van der Waals surface area contributed by atoms with Crippen LogP contribution in [0.5, 0.6) is 6.01 Å². The van der Waals surface area contributed by atoms with Crippen LogP contribution in [0.25, 0.3) is 11.0 Å². The molecule has 0 unspecified atom stereocenters. The summed E-state index contributed by atoms with van der Waals surface area (Å²) in [7, 11) is 1.39. The molecule has 0 saturated carbocycles. The van der Waals surface area contributed by atoms with Gasteiger partial charge in [0.2, 0.25) is 5.91 Å². The number of halogens is 1. The first kappa shape index (κ1) is 17.4. The van der Waals surface area contributed by atoms with Gasteiger partial charge in [0.25, 0.3) is 11.5 Å². The zero-order valence-electron chi connectivity index (χ0n) is 13.4. The molecule has 0 fully saturated rings. The second-order valence-electron chi connectivity index (χ2n) is 5.19. The van der Waals surface area contributed by atoms with E-state index in [4.69, 9.17) is 22.1 Å². The van der Waals surface area contributed by atoms with Crippen LogP contribution in [0, 0.1) is 0 Å². The van der Waals surface area contributed by atoms with Crippen molar-refractivity contribution in [2.24, 2.45) is 5.73 Å². The predicted octanol–water partition coefficient (Wildman–Crippen LogP) is 1.33. The van der Waals surface area contributed by atoms with Crippen LogP contribution in [0.4, 0.5) is 5.69 Å². The third kappa shape index (κ3) is 3.33. The van der Waals surface area contributed by atoms with Crippen LogP contribution in [-0.4, -0.2) is 33.9 Å². The number of nitrogens with one attached hydrogen (secondary N) is 2. The summed E-state index contributed by atoms with van der Waals surface area (Å²) in [4.78, 5) is 46.3. The number of carbonyl (C=O) groups is 2. The van der Waals surface area contributed by atoms with Crippen molar-refractivity contribution in [2.45, 2.75) is 0 Å². The van der Waals surface area contributed by atoms with E-state index in [1.54, 1.807) is 0 Å². The molecule has 0 bridgehead atoms. The van der Waals surface area contributed by atoms with E-state index in [1.165, 1.54) is 37.6 Å². The minimum absolute atomic E-state index is 0.0837. The molecule has 2 aromatic heterocycles. The first-order chi connectivity index (χ1) is 12.4. The number of nitrogens with zero attached hydrogens (tertiary/aromatic N) is 2. The molecule has 0 radical (unpaired) electrons. The number of nitrogens with two attached hydrogens (primary N) is 1. The number of aromatic amines is 1. The Labute approximate surface area is 151 Å². The fourth-order valence-corrected chi connectivity index (χ4v) is 2.37. The molecule has 0 atom stereocenters. The van der Waals surface area contributed by atoms with Gasteiger partial charge in [-0.15, -0.1) is 0 Å². The highest BCUT2D eigenvalue weighted by atomic mass is 35.5. The van der Waals surface area contributed by atoms with E-state index in [9.17, 15) is 14.4 Å². The molecular weight excluding hydrogens is 362 g/mol. The number of ether oxygens (including phenoxy) is 1. The SMILES string of the molecule is COc1ncc2cc(C(=O)Nc3cc(C(N)=O)ccc3Cl)c(=O)[nH]c2n1. The van der Waals surface area contributed by atoms with Crippen molar-refractivity contribution in [3.05, 3.63) is 57.0 Å². The van der Waals surface area contributed by atoms with Gasteiger partial charge in [-0.25, -0.2) is 4.98 Å².